The molecule has 0 saturated carbocycles. The Hall–Kier alpha value is -4.17. The Morgan fingerprint density at radius 2 is 1.50 bits per heavy atom. The molecule has 0 aliphatic heterocycles. The lowest BCUT2D eigenvalue weighted by Crippen LogP contribution is -2.58. The van der Waals surface area contributed by atoms with Crippen molar-refractivity contribution in [3.05, 3.63) is 36.0 Å². The third-order valence-corrected chi connectivity index (χ3v) is 6.85. The van der Waals surface area contributed by atoms with Gasteiger partial charge in [0.05, 0.1) is 6.04 Å². The molecule has 1 aromatic carbocycles. The molecule has 0 bridgehead atoms. The minimum Gasteiger partial charge on any atom is -0.370 e. The Morgan fingerprint density at radius 3 is 2.17 bits per heavy atom. The number of benzene rings is 1. The number of hydrogen-bond acceptors (Lipinski definition) is 7. The van der Waals surface area contributed by atoms with Gasteiger partial charge in [-0.25, -0.2) is 0 Å². The molecule has 0 saturated heterocycles. The molecule has 1 heterocycles. The van der Waals surface area contributed by atoms with E-state index < -0.39 is 47.8 Å². The number of nitrogens with two attached hydrogens (primary N) is 5. The van der Waals surface area contributed by atoms with Crippen LogP contribution in [0.2, 0.25) is 0 Å². The fraction of sp³-hybridized carbons (Fsp3) is 0.536. The quantitative estimate of drug-likeness (QED) is 0.0556. The number of primary amides is 1. The van der Waals surface area contributed by atoms with Crippen molar-refractivity contribution in [2.75, 3.05) is 13.1 Å². The van der Waals surface area contributed by atoms with E-state index in [0.29, 0.717) is 45.1 Å². The highest BCUT2D eigenvalue weighted by atomic mass is 16.2. The van der Waals surface area contributed by atoms with Crippen molar-refractivity contribution >= 4 is 40.5 Å². The summed E-state index contributed by atoms with van der Waals surface area (Å²) in [4.78, 5) is 59.0. The molecule has 14 heteroatoms. The summed E-state index contributed by atoms with van der Waals surface area (Å²) in [6.45, 7) is 2.57. The van der Waals surface area contributed by atoms with Crippen LogP contribution >= 0.6 is 0 Å². The number of fused-ring (bicyclic) bond motifs is 1. The fourth-order valence-corrected chi connectivity index (χ4v) is 4.55. The summed E-state index contributed by atoms with van der Waals surface area (Å²) in [5.74, 6) is -2.44. The van der Waals surface area contributed by atoms with E-state index in [4.69, 9.17) is 28.7 Å². The predicted octanol–water partition coefficient (Wildman–Crippen LogP) is -1.04. The average Bonchev–Trinajstić information content (AvgIpc) is 3.36. The molecule has 42 heavy (non-hydrogen) atoms. The van der Waals surface area contributed by atoms with Crippen LogP contribution in [0.5, 0.6) is 0 Å². The summed E-state index contributed by atoms with van der Waals surface area (Å²) in [6, 6.07) is 3.76. The molecule has 14 nitrogen and oxygen atoms in total. The first-order valence-corrected chi connectivity index (χ1v) is 14.3. The number of unbranched alkanes of at least 4 members (excludes halogenated alkanes) is 1. The van der Waals surface area contributed by atoms with Gasteiger partial charge in [-0.05, 0) is 56.7 Å². The lowest BCUT2D eigenvalue weighted by atomic mass is 10.0. The molecule has 232 valence electrons. The third kappa shape index (κ3) is 11.0. The lowest BCUT2D eigenvalue weighted by Gasteiger charge is -2.25. The topological polar surface area (TPSA) is 263 Å². The zero-order valence-electron chi connectivity index (χ0n) is 24.2. The minimum atomic E-state index is -1.06. The second-order valence-corrected chi connectivity index (χ2v) is 10.3. The number of nitrogens with zero attached hydrogens (tertiary/aromatic N) is 1. The number of aliphatic imine (C=N–C) groups is 1. The number of H-pyrrole nitrogens is 1. The maximum atomic E-state index is 13.7. The van der Waals surface area contributed by atoms with E-state index in [1.54, 1.807) is 6.20 Å². The zero-order chi connectivity index (χ0) is 31.1. The van der Waals surface area contributed by atoms with E-state index in [9.17, 15) is 19.2 Å². The van der Waals surface area contributed by atoms with Crippen LogP contribution in [0.4, 0.5) is 0 Å². The van der Waals surface area contributed by atoms with Gasteiger partial charge in [0, 0.05) is 30.1 Å². The normalized spacial score (nSPS) is 13.9. The average molecular weight is 587 g/mol. The van der Waals surface area contributed by atoms with Crippen LogP contribution in [0.1, 0.15) is 57.4 Å². The Balaban J connectivity index is 2.29. The van der Waals surface area contributed by atoms with E-state index in [-0.39, 0.29) is 25.3 Å². The smallest absolute Gasteiger partial charge is 0.243 e. The van der Waals surface area contributed by atoms with Gasteiger partial charge in [-0.1, -0.05) is 31.5 Å². The van der Waals surface area contributed by atoms with Crippen molar-refractivity contribution in [1.29, 1.82) is 0 Å². The van der Waals surface area contributed by atoms with Crippen LogP contribution in [-0.4, -0.2) is 71.8 Å². The number of aromatic nitrogens is 1. The zero-order valence-corrected chi connectivity index (χ0v) is 24.2. The monoisotopic (exact) mass is 586 g/mol. The van der Waals surface area contributed by atoms with Gasteiger partial charge in [-0.15, -0.1) is 0 Å². The van der Waals surface area contributed by atoms with Crippen LogP contribution in [0.15, 0.2) is 35.5 Å². The predicted molar refractivity (Wildman–Crippen MR) is 163 cm³/mol. The number of carbonyl (C=O) groups is 4. The molecule has 4 amide bonds. The van der Waals surface area contributed by atoms with Crippen LogP contribution in [0.3, 0.4) is 0 Å². The summed E-state index contributed by atoms with van der Waals surface area (Å²) in [6.07, 6.45) is 5.13. The number of aromatic amines is 1. The molecule has 1 aromatic heterocycles. The molecule has 0 spiro atoms. The number of guanidine groups is 1. The molecular formula is C28H46N10O4. The highest BCUT2D eigenvalue weighted by molar-refractivity contribution is 5.95. The number of hydrogen-bond donors (Lipinski definition) is 9. The van der Waals surface area contributed by atoms with E-state index in [2.05, 4.69) is 25.9 Å². The minimum absolute atomic E-state index is 0.0985. The van der Waals surface area contributed by atoms with Gasteiger partial charge in [0.15, 0.2) is 5.96 Å². The van der Waals surface area contributed by atoms with Crippen molar-refractivity contribution in [3.63, 3.8) is 0 Å². The maximum absolute atomic E-state index is 13.7. The molecule has 0 aliphatic rings. The lowest BCUT2D eigenvalue weighted by molar-refractivity contribution is -0.133. The van der Waals surface area contributed by atoms with E-state index >= 15 is 0 Å². The molecule has 0 fully saturated rings. The van der Waals surface area contributed by atoms with Crippen molar-refractivity contribution in [2.24, 2.45) is 33.7 Å². The van der Waals surface area contributed by atoms with Crippen LogP contribution in [-0.2, 0) is 25.6 Å². The molecule has 0 radical (unpaired) electrons. The van der Waals surface area contributed by atoms with Crippen molar-refractivity contribution in [2.45, 2.75) is 82.5 Å². The number of rotatable bonds is 19. The fourth-order valence-electron chi connectivity index (χ4n) is 4.55. The summed E-state index contributed by atoms with van der Waals surface area (Å²) in [5, 5.41) is 9.06. The van der Waals surface area contributed by atoms with Crippen molar-refractivity contribution in [3.8, 4) is 0 Å². The van der Waals surface area contributed by atoms with Crippen LogP contribution < -0.4 is 44.6 Å². The Morgan fingerprint density at radius 1 is 0.857 bits per heavy atom. The molecule has 2 rings (SSSR count). The summed E-state index contributed by atoms with van der Waals surface area (Å²) < 4.78 is 0. The highest BCUT2D eigenvalue weighted by Gasteiger charge is 2.30. The number of para-hydroxylation sites is 1. The molecule has 0 aliphatic carbocycles. The molecule has 2 aromatic rings. The third-order valence-electron chi connectivity index (χ3n) is 6.85. The van der Waals surface area contributed by atoms with Gasteiger partial charge in [0.25, 0.3) is 0 Å². The maximum Gasteiger partial charge on any atom is 0.243 e. The first-order chi connectivity index (χ1) is 20.1. The van der Waals surface area contributed by atoms with Gasteiger partial charge >= 0.3 is 0 Å². The Bertz CT molecular complexity index is 1210. The molecule has 4 atom stereocenters. The second kappa shape index (κ2) is 17.6. The highest BCUT2D eigenvalue weighted by Crippen LogP contribution is 2.19. The Labute approximate surface area is 246 Å². The van der Waals surface area contributed by atoms with E-state index in [0.717, 1.165) is 16.5 Å². The molecule has 0 unspecified atom stereocenters. The van der Waals surface area contributed by atoms with E-state index in [1.807, 2.05) is 31.2 Å². The first-order valence-electron chi connectivity index (χ1n) is 14.3. The van der Waals surface area contributed by atoms with Crippen molar-refractivity contribution in [1.82, 2.24) is 20.9 Å². The number of nitrogens with one attached hydrogen (secondary N) is 4. The van der Waals surface area contributed by atoms with Crippen molar-refractivity contribution < 1.29 is 19.2 Å². The summed E-state index contributed by atoms with van der Waals surface area (Å²) >= 11 is 0. The van der Waals surface area contributed by atoms with Gasteiger partial charge in [0.2, 0.25) is 23.6 Å². The van der Waals surface area contributed by atoms with Crippen LogP contribution in [0.25, 0.3) is 10.9 Å². The number of carbonyl (C=O) groups excluding carboxylic acids is 4. The summed E-state index contributed by atoms with van der Waals surface area (Å²) in [5.41, 5.74) is 29.6. The largest absolute Gasteiger partial charge is 0.370 e. The van der Waals surface area contributed by atoms with Gasteiger partial charge in [-0.2, -0.15) is 0 Å². The second-order valence-electron chi connectivity index (χ2n) is 10.3. The molecular weight excluding hydrogens is 540 g/mol. The Kier molecular flexibility index (Phi) is 14.3. The standard InChI is InChI=1S/C28H46N10O4/c1-2-8-19(30)25(40)38-23(15-17-16-35-20-10-4-3-9-18(17)20)27(42)37-22(12-7-14-34-28(32)33)26(41)36-21(24(31)39)11-5-6-13-29/h3-4,9-10,16,19,21-23,35H,2,5-8,11-15,29-30H2,1H3,(H2,31,39)(H,36,41)(H,37,42)(H,38,40)(H4,32,33,34)/t19-,21-,22-,23-/m0/s1. The molecule has 14 N–H and O–H groups in total. The van der Waals surface area contributed by atoms with Crippen LogP contribution in [0, 0.1) is 0 Å². The van der Waals surface area contributed by atoms with Gasteiger partial charge in [0.1, 0.15) is 18.1 Å². The van der Waals surface area contributed by atoms with Gasteiger partial charge < -0.3 is 49.6 Å². The van der Waals surface area contributed by atoms with Gasteiger partial charge in [-0.3, -0.25) is 24.2 Å². The summed E-state index contributed by atoms with van der Waals surface area (Å²) in [7, 11) is 0. The first kappa shape index (κ1) is 34.0. The van der Waals surface area contributed by atoms with E-state index in [1.165, 1.54) is 0 Å². The number of amides is 4. The SMILES string of the molecule is CCC[C@H](N)C(=O)N[C@@H](Cc1c[nH]c2ccccc12)C(=O)N[C@@H](CCCN=C(N)N)C(=O)N[C@@H](CCCCN)C(N)=O.